The second-order valence-electron chi connectivity index (χ2n) is 6.88. The van der Waals surface area contributed by atoms with Crippen LogP contribution < -0.4 is 5.32 Å². The van der Waals surface area contributed by atoms with Gasteiger partial charge in [0.15, 0.2) is 0 Å². The van der Waals surface area contributed by atoms with Crippen molar-refractivity contribution < 1.29 is 17.6 Å². The molecule has 2 heterocycles. The lowest BCUT2D eigenvalue weighted by molar-refractivity contribution is -0.120. The molecule has 0 unspecified atom stereocenters. The molecule has 1 aliphatic rings. The van der Waals surface area contributed by atoms with Crippen LogP contribution in [0.5, 0.6) is 0 Å². The minimum atomic E-state index is -3.92. The highest BCUT2D eigenvalue weighted by Crippen LogP contribution is 2.28. The Hall–Kier alpha value is -2.69. The number of anilines is 1. The maximum absolute atomic E-state index is 13.9. The van der Waals surface area contributed by atoms with E-state index in [1.54, 1.807) is 0 Å². The van der Waals surface area contributed by atoms with Crippen LogP contribution in [0.25, 0.3) is 10.6 Å². The minimum Gasteiger partial charge on any atom is -0.300 e. The normalized spacial score (nSPS) is 15.8. The van der Waals surface area contributed by atoms with E-state index in [9.17, 15) is 17.6 Å². The van der Waals surface area contributed by atoms with Gasteiger partial charge in [-0.1, -0.05) is 53.8 Å². The summed E-state index contributed by atoms with van der Waals surface area (Å²) >= 11 is 1.28. The molecule has 1 saturated heterocycles. The lowest BCUT2D eigenvalue weighted by atomic mass is 9.97. The molecule has 4 rings (SSSR count). The molecule has 0 spiro atoms. The summed E-state index contributed by atoms with van der Waals surface area (Å²) in [5, 5.41) is 12.0. The first-order chi connectivity index (χ1) is 14.4. The van der Waals surface area contributed by atoms with Crippen LogP contribution in [-0.4, -0.2) is 41.9 Å². The van der Waals surface area contributed by atoms with Gasteiger partial charge in [-0.2, -0.15) is 4.31 Å². The van der Waals surface area contributed by atoms with E-state index in [1.165, 1.54) is 33.8 Å². The molecular formula is C20H19FN4O3S2. The van der Waals surface area contributed by atoms with Gasteiger partial charge in [-0.15, -0.1) is 10.2 Å². The van der Waals surface area contributed by atoms with Gasteiger partial charge in [-0.25, -0.2) is 12.8 Å². The molecule has 156 valence electrons. The summed E-state index contributed by atoms with van der Waals surface area (Å²) in [6.45, 7) is 0.306. The number of halogens is 1. The van der Waals surface area contributed by atoms with Gasteiger partial charge in [-0.3, -0.25) is 4.79 Å². The average molecular weight is 447 g/mol. The van der Waals surface area contributed by atoms with Crippen LogP contribution in [0.4, 0.5) is 9.52 Å². The molecule has 0 saturated carbocycles. The van der Waals surface area contributed by atoms with Crippen LogP contribution in [0.3, 0.4) is 0 Å². The smallest absolute Gasteiger partial charge is 0.245 e. The van der Waals surface area contributed by atoms with Crippen molar-refractivity contribution in [1.29, 1.82) is 0 Å². The third-order valence-corrected chi connectivity index (χ3v) is 7.77. The van der Waals surface area contributed by atoms with Crippen molar-refractivity contribution in [2.75, 3.05) is 18.4 Å². The molecule has 10 heteroatoms. The largest absolute Gasteiger partial charge is 0.300 e. The number of nitrogens with zero attached hydrogens (tertiary/aromatic N) is 3. The highest BCUT2D eigenvalue weighted by atomic mass is 32.2. The fourth-order valence-electron chi connectivity index (χ4n) is 3.33. The maximum atomic E-state index is 13.9. The summed E-state index contributed by atoms with van der Waals surface area (Å²) in [5.41, 5.74) is 0.919. The Bertz CT molecular complexity index is 1140. The zero-order valence-electron chi connectivity index (χ0n) is 15.9. The van der Waals surface area contributed by atoms with Crippen molar-refractivity contribution in [2.24, 2.45) is 5.92 Å². The molecule has 3 aromatic rings. The fourth-order valence-corrected chi connectivity index (χ4v) is 5.62. The molecule has 0 atom stereocenters. The molecule has 0 bridgehead atoms. The van der Waals surface area contributed by atoms with Gasteiger partial charge >= 0.3 is 0 Å². The van der Waals surface area contributed by atoms with E-state index in [0.29, 0.717) is 23.0 Å². The summed E-state index contributed by atoms with van der Waals surface area (Å²) in [6, 6.07) is 14.9. The van der Waals surface area contributed by atoms with Crippen LogP contribution in [0, 0.1) is 11.7 Å². The Labute approximate surface area is 177 Å². The van der Waals surface area contributed by atoms with Crippen molar-refractivity contribution >= 4 is 32.4 Å². The SMILES string of the molecule is O=C(Nc1nnc(-c2ccccc2)s1)C1CCN(S(=O)(=O)c2ccccc2F)CC1. The number of hydrogen-bond acceptors (Lipinski definition) is 6. The zero-order valence-corrected chi connectivity index (χ0v) is 17.5. The zero-order chi connectivity index (χ0) is 21.1. The van der Waals surface area contributed by atoms with E-state index in [4.69, 9.17) is 0 Å². The maximum Gasteiger partial charge on any atom is 0.245 e. The molecule has 1 aliphatic heterocycles. The predicted molar refractivity (Wildman–Crippen MR) is 112 cm³/mol. The van der Waals surface area contributed by atoms with Crippen molar-refractivity contribution in [2.45, 2.75) is 17.7 Å². The third kappa shape index (κ3) is 4.25. The number of rotatable bonds is 5. The van der Waals surface area contributed by atoms with Crippen molar-refractivity contribution in [3.63, 3.8) is 0 Å². The summed E-state index contributed by atoms with van der Waals surface area (Å²) in [7, 11) is -3.92. The number of carbonyl (C=O) groups is 1. The second-order valence-corrected chi connectivity index (χ2v) is 9.76. The minimum absolute atomic E-state index is 0.153. The summed E-state index contributed by atoms with van der Waals surface area (Å²) < 4.78 is 40.5. The molecule has 1 fully saturated rings. The molecule has 0 radical (unpaired) electrons. The molecule has 7 nitrogen and oxygen atoms in total. The number of nitrogens with one attached hydrogen (secondary N) is 1. The van der Waals surface area contributed by atoms with Gasteiger partial charge in [0.05, 0.1) is 0 Å². The highest BCUT2D eigenvalue weighted by Gasteiger charge is 2.33. The number of piperidine rings is 1. The Morgan fingerprint density at radius 3 is 2.40 bits per heavy atom. The number of hydrogen-bond donors (Lipinski definition) is 1. The van der Waals surface area contributed by atoms with Crippen LogP contribution >= 0.6 is 11.3 Å². The Kier molecular flexibility index (Phi) is 5.89. The fraction of sp³-hybridized carbons (Fsp3) is 0.250. The van der Waals surface area contributed by atoms with E-state index in [2.05, 4.69) is 15.5 Å². The Morgan fingerprint density at radius 1 is 1.03 bits per heavy atom. The molecule has 0 aliphatic carbocycles. The van der Waals surface area contributed by atoms with Crippen molar-refractivity contribution in [3.05, 3.63) is 60.4 Å². The van der Waals surface area contributed by atoms with Crippen molar-refractivity contribution in [3.8, 4) is 10.6 Å². The monoisotopic (exact) mass is 446 g/mol. The van der Waals surface area contributed by atoms with E-state index >= 15 is 0 Å². The number of benzene rings is 2. The molecule has 1 amide bonds. The summed E-state index contributed by atoms with van der Waals surface area (Å²) in [5.74, 6) is -1.34. The first-order valence-corrected chi connectivity index (χ1v) is 11.7. The molecule has 1 aromatic heterocycles. The molecular weight excluding hydrogens is 427 g/mol. The van der Waals surface area contributed by atoms with E-state index in [0.717, 1.165) is 11.6 Å². The van der Waals surface area contributed by atoms with Crippen LogP contribution in [0.15, 0.2) is 59.5 Å². The number of carbonyl (C=O) groups excluding carboxylic acids is 1. The third-order valence-electron chi connectivity index (χ3n) is 4.96. The van der Waals surface area contributed by atoms with Gasteiger partial charge in [0, 0.05) is 24.6 Å². The summed E-state index contributed by atoms with van der Waals surface area (Å²) in [6.07, 6.45) is 0.702. The van der Waals surface area contributed by atoms with E-state index in [1.807, 2.05) is 30.3 Å². The topological polar surface area (TPSA) is 92.3 Å². The quantitative estimate of drug-likeness (QED) is 0.649. The van der Waals surface area contributed by atoms with Crippen molar-refractivity contribution in [1.82, 2.24) is 14.5 Å². The van der Waals surface area contributed by atoms with Gasteiger partial charge in [0.25, 0.3) is 0 Å². The summed E-state index contributed by atoms with van der Waals surface area (Å²) in [4.78, 5) is 12.3. The van der Waals surface area contributed by atoms with E-state index in [-0.39, 0.29) is 29.8 Å². The van der Waals surface area contributed by atoms with Gasteiger partial charge in [0.1, 0.15) is 15.7 Å². The van der Waals surface area contributed by atoms with Gasteiger partial charge in [-0.05, 0) is 25.0 Å². The number of sulfonamides is 1. The average Bonchev–Trinajstić information content (AvgIpc) is 3.23. The number of amides is 1. The molecule has 30 heavy (non-hydrogen) atoms. The van der Waals surface area contributed by atoms with E-state index < -0.39 is 15.8 Å². The predicted octanol–water partition coefficient (Wildman–Crippen LogP) is 3.38. The molecule has 1 N–H and O–H groups in total. The van der Waals surface area contributed by atoms with Gasteiger partial charge < -0.3 is 5.32 Å². The van der Waals surface area contributed by atoms with Gasteiger partial charge in [0.2, 0.25) is 21.1 Å². The number of aromatic nitrogens is 2. The molecule has 2 aromatic carbocycles. The standard InChI is InChI=1S/C20H19FN4O3S2/c21-16-8-4-5-9-17(16)30(27,28)25-12-10-14(11-13-25)18(26)22-20-24-23-19(29-20)15-6-2-1-3-7-15/h1-9,14H,10-13H2,(H,22,24,26). The second kappa shape index (κ2) is 8.58. The van der Waals surface area contributed by atoms with Crippen LogP contribution in [0.2, 0.25) is 0 Å². The lowest BCUT2D eigenvalue weighted by Gasteiger charge is -2.30. The lowest BCUT2D eigenvalue weighted by Crippen LogP contribution is -2.41. The van der Waals surface area contributed by atoms with Crippen LogP contribution in [-0.2, 0) is 14.8 Å². The Morgan fingerprint density at radius 2 is 1.70 bits per heavy atom. The van der Waals surface area contributed by atoms with Crippen LogP contribution in [0.1, 0.15) is 12.8 Å². The highest BCUT2D eigenvalue weighted by molar-refractivity contribution is 7.89. The first kappa shape index (κ1) is 20.6. The first-order valence-electron chi connectivity index (χ1n) is 9.39. The Balaban J connectivity index is 1.37.